The molecule has 2 aliphatic heterocycles. The number of benzene rings is 2. The summed E-state index contributed by atoms with van der Waals surface area (Å²) >= 11 is 0. The average molecular weight is 557 g/mol. The molecule has 3 aromatic rings. The third-order valence-electron chi connectivity index (χ3n) is 9.68. The number of morpholine rings is 1. The van der Waals surface area contributed by atoms with Crippen LogP contribution in [-0.4, -0.2) is 81.4 Å². The number of ether oxygens (including phenoxy) is 1. The highest BCUT2D eigenvalue weighted by Crippen LogP contribution is 2.42. The summed E-state index contributed by atoms with van der Waals surface area (Å²) in [6.07, 6.45) is 7.22. The first-order valence-electron chi connectivity index (χ1n) is 15.8. The van der Waals surface area contributed by atoms with E-state index in [-0.39, 0.29) is 5.41 Å². The van der Waals surface area contributed by atoms with Gasteiger partial charge in [0, 0.05) is 76.4 Å². The van der Waals surface area contributed by atoms with Gasteiger partial charge in [0.2, 0.25) is 0 Å². The van der Waals surface area contributed by atoms with Gasteiger partial charge in [-0.15, -0.1) is 0 Å². The standard InChI is InChI=1S/C34H48N6O/c1-34(14-6-7-15-34)33-36-30-11-10-26(25-35-16-19-39-20-22-41-23-21-39)24-29(30)32(37-33)40-17-12-27(13-18-40)28-8-4-5-9-31(28)38(2)3/h4-5,8-11,24,27,35H,6-7,12-23,25H2,1-3H3. The fraction of sp³-hybridized carbons (Fsp3) is 0.588. The van der Waals surface area contributed by atoms with E-state index in [1.165, 1.54) is 47.9 Å². The van der Waals surface area contributed by atoms with Gasteiger partial charge in [-0.2, -0.15) is 0 Å². The lowest BCUT2D eigenvalue weighted by Crippen LogP contribution is -2.40. The van der Waals surface area contributed by atoms with Gasteiger partial charge in [-0.05, 0) is 60.9 Å². The molecule has 0 spiro atoms. The lowest BCUT2D eigenvalue weighted by molar-refractivity contribution is 0.0384. The molecule has 6 rings (SSSR count). The smallest absolute Gasteiger partial charge is 0.140 e. The van der Waals surface area contributed by atoms with Gasteiger partial charge in [0.25, 0.3) is 0 Å². The van der Waals surface area contributed by atoms with E-state index < -0.39 is 0 Å². The van der Waals surface area contributed by atoms with Crippen molar-refractivity contribution < 1.29 is 4.74 Å². The number of nitrogens with one attached hydrogen (secondary N) is 1. The van der Waals surface area contributed by atoms with E-state index in [4.69, 9.17) is 14.7 Å². The number of aromatic nitrogens is 2. The number of rotatable bonds is 9. The first kappa shape index (κ1) is 28.4. The quantitative estimate of drug-likeness (QED) is 0.358. The number of para-hydroxylation sites is 1. The molecule has 220 valence electrons. The van der Waals surface area contributed by atoms with Crippen LogP contribution in [-0.2, 0) is 16.7 Å². The van der Waals surface area contributed by atoms with Crippen LogP contribution in [0, 0.1) is 0 Å². The van der Waals surface area contributed by atoms with Crippen LogP contribution in [0.3, 0.4) is 0 Å². The lowest BCUT2D eigenvalue weighted by Gasteiger charge is -2.35. The summed E-state index contributed by atoms with van der Waals surface area (Å²) in [5.41, 5.74) is 5.31. The maximum Gasteiger partial charge on any atom is 0.140 e. The predicted octanol–water partition coefficient (Wildman–Crippen LogP) is 5.33. The third kappa shape index (κ3) is 6.37. The summed E-state index contributed by atoms with van der Waals surface area (Å²) in [6.45, 7) is 11.1. The monoisotopic (exact) mass is 556 g/mol. The van der Waals surface area contributed by atoms with Crippen LogP contribution in [0.5, 0.6) is 0 Å². The van der Waals surface area contributed by atoms with Crippen molar-refractivity contribution in [3.63, 3.8) is 0 Å². The highest BCUT2D eigenvalue weighted by atomic mass is 16.5. The molecule has 3 heterocycles. The van der Waals surface area contributed by atoms with Gasteiger partial charge in [0.05, 0.1) is 18.7 Å². The molecular weight excluding hydrogens is 508 g/mol. The molecule has 41 heavy (non-hydrogen) atoms. The lowest BCUT2D eigenvalue weighted by atomic mass is 9.87. The molecule has 0 amide bonds. The Labute approximate surface area is 246 Å². The molecule has 2 aromatic carbocycles. The van der Waals surface area contributed by atoms with Crippen molar-refractivity contribution in [2.45, 2.75) is 63.3 Å². The minimum absolute atomic E-state index is 0.0889. The number of nitrogens with zero attached hydrogens (tertiary/aromatic N) is 5. The second-order valence-electron chi connectivity index (χ2n) is 12.8. The van der Waals surface area contributed by atoms with Crippen molar-refractivity contribution in [1.29, 1.82) is 0 Å². The fourth-order valence-corrected chi connectivity index (χ4v) is 7.10. The van der Waals surface area contributed by atoms with Gasteiger partial charge in [0.15, 0.2) is 0 Å². The highest BCUT2D eigenvalue weighted by Gasteiger charge is 2.35. The summed E-state index contributed by atoms with van der Waals surface area (Å²) in [7, 11) is 4.31. The third-order valence-corrected chi connectivity index (χ3v) is 9.68. The zero-order chi connectivity index (χ0) is 28.2. The van der Waals surface area contributed by atoms with Crippen LogP contribution in [0.4, 0.5) is 11.5 Å². The van der Waals surface area contributed by atoms with Crippen LogP contribution in [0.15, 0.2) is 42.5 Å². The molecule has 1 aromatic heterocycles. The maximum absolute atomic E-state index is 5.49. The van der Waals surface area contributed by atoms with Crippen LogP contribution in [0.25, 0.3) is 10.9 Å². The number of hydrogen-bond acceptors (Lipinski definition) is 7. The minimum Gasteiger partial charge on any atom is -0.379 e. The highest BCUT2D eigenvalue weighted by molar-refractivity contribution is 5.90. The molecule has 1 saturated carbocycles. The van der Waals surface area contributed by atoms with Crippen molar-refractivity contribution in [2.75, 3.05) is 76.4 Å². The Kier molecular flexibility index (Phi) is 8.75. The van der Waals surface area contributed by atoms with Crippen molar-refractivity contribution in [1.82, 2.24) is 20.2 Å². The average Bonchev–Trinajstić information content (AvgIpc) is 3.47. The molecule has 0 unspecified atom stereocenters. The van der Waals surface area contributed by atoms with Gasteiger partial charge in [-0.1, -0.05) is 44.0 Å². The maximum atomic E-state index is 5.49. The Hall–Kier alpha value is -2.74. The summed E-state index contributed by atoms with van der Waals surface area (Å²) in [4.78, 5) is 17.9. The summed E-state index contributed by atoms with van der Waals surface area (Å²) < 4.78 is 5.49. The molecule has 0 bridgehead atoms. The summed E-state index contributed by atoms with van der Waals surface area (Å²) in [5.74, 6) is 2.78. The Bertz CT molecular complexity index is 1310. The normalized spacial score (nSPS) is 20.1. The van der Waals surface area contributed by atoms with Gasteiger partial charge in [-0.3, -0.25) is 4.90 Å². The Morgan fingerprint density at radius 1 is 0.976 bits per heavy atom. The Balaban J connectivity index is 1.22. The second-order valence-corrected chi connectivity index (χ2v) is 12.8. The molecule has 1 aliphatic carbocycles. The first-order chi connectivity index (χ1) is 20.0. The van der Waals surface area contributed by atoms with Gasteiger partial charge < -0.3 is 19.9 Å². The second kappa shape index (κ2) is 12.6. The number of anilines is 2. The molecule has 0 radical (unpaired) electrons. The van der Waals surface area contributed by atoms with E-state index in [0.717, 1.165) is 89.0 Å². The van der Waals surface area contributed by atoms with Gasteiger partial charge in [-0.25, -0.2) is 9.97 Å². The van der Waals surface area contributed by atoms with E-state index in [1.54, 1.807) is 0 Å². The van der Waals surface area contributed by atoms with E-state index in [0.29, 0.717) is 5.92 Å². The molecule has 7 nitrogen and oxygen atoms in total. The SMILES string of the molecule is CN(C)c1ccccc1C1CCN(c2nc(C3(C)CCCC3)nc3ccc(CNCCN4CCOCC4)cc23)CC1. The number of piperidine rings is 1. The van der Waals surface area contributed by atoms with Crippen molar-refractivity contribution in [3.05, 3.63) is 59.4 Å². The van der Waals surface area contributed by atoms with Crippen LogP contribution >= 0.6 is 0 Å². The summed E-state index contributed by atoms with van der Waals surface area (Å²) in [6, 6.07) is 15.8. The van der Waals surface area contributed by atoms with Crippen molar-refractivity contribution in [3.8, 4) is 0 Å². The van der Waals surface area contributed by atoms with E-state index in [1.807, 2.05) is 0 Å². The van der Waals surface area contributed by atoms with E-state index in [2.05, 4.69) is 83.5 Å². The molecular formula is C34H48N6O. The van der Waals surface area contributed by atoms with Crippen LogP contribution in [0.1, 0.15) is 68.3 Å². The molecule has 3 fully saturated rings. The van der Waals surface area contributed by atoms with Gasteiger partial charge in [0.1, 0.15) is 11.6 Å². The molecule has 3 aliphatic rings. The zero-order valence-electron chi connectivity index (χ0n) is 25.4. The van der Waals surface area contributed by atoms with E-state index >= 15 is 0 Å². The molecule has 7 heteroatoms. The molecule has 0 atom stereocenters. The Morgan fingerprint density at radius 2 is 1.73 bits per heavy atom. The molecule has 1 N–H and O–H groups in total. The minimum atomic E-state index is 0.0889. The van der Waals surface area contributed by atoms with Crippen LogP contribution in [0.2, 0.25) is 0 Å². The van der Waals surface area contributed by atoms with Crippen molar-refractivity contribution >= 4 is 22.4 Å². The topological polar surface area (TPSA) is 56.8 Å². The summed E-state index contributed by atoms with van der Waals surface area (Å²) in [5, 5.41) is 4.88. The number of hydrogen-bond donors (Lipinski definition) is 1. The Morgan fingerprint density at radius 3 is 2.49 bits per heavy atom. The van der Waals surface area contributed by atoms with Crippen LogP contribution < -0.4 is 15.1 Å². The molecule has 2 saturated heterocycles. The zero-order valence-corrected chi connectivity index (χ0v) is 25.4. The van der Waals surface area contributed by atoms with E-state index in [9.17, 15) is 0 Å². The predicted molar refractivity (Wildman–Crippen MR) is 169 cm³/mol. The fourth-order valence-electron chi connectivity index (χ4n) is 7.10. The first-order valence-corrected chi connectivity index (χ1v) is 15.8. The van der Waals surface area contributed by atoms with Gasteiger partial charge >= 0.3 is 0 Å². The largest absolute Gasteiger partial charge is 0.379 e. The van der Waals surface area contributed by atoms with Crippen molar-refractivity contribution in [2.24, 2.45) is 0 Å². The number of fused-ring (bicyclic) bond motifs is 1.